The van der Waals surface area contributed by atoms with Crippen LogP contribution < -0.4 is 5.32 Å². The summed E-state index contributed by atoms with van der Waals surface area (Å²) in [5.74, 6) is -1.65. The average Bonchev–Trinajstić information content (AvgIpc) is 3.19. The van der Waals surface area contributed by atoms with Crippen molar-refractivity contribution in [2.24, 2.45) is 0 Å². The third kappa shape index (κ3) is 5.04. The molecule has 5 nitrogen and oxygen atoms in total. The van der Waals surface area contributed by atoms with E-state index in [1.807, 2.05) is 0 Å². The molecule has 1 aromatic heterocycles. The van der Waals surface area contributed by atoms with Gasteiger partial charge in [0.2, 0.25) is 5.89 Å². The second-order valence-electron chi connectivity index (χ2n) is 7.38. The lowest BCUT2D eigenvalue weighted by Gasteiger charge is -2.14. The molecule has 0 aliphatic heterocycles. The summed E-state index contributed by atoms with van der Waals surface area (Å²) >= 11 is 0. The monoisotopic (exact) mass is 458 g/mol. The number of carboxylic acid groups (broad SMARTS) is 1. The number of benzene rings is 3. The van der Waals surface area contributed by atoms with Crippen LogP contribution in [-0.4, -0.2) is 22.6 Å². The number of carboxylic acids is 1. The summed E-state index contributed by atoms with van der Waals surface area (Å²) in [4.78, 5) is 14.9. The molecule has 0 atom stereocenters. The lowest BCUT2D eigenvalue weighted by Crippen LogP contribution is -2.17. The molecule has 0 saturated heterocycles. The minimum absolute atomic E-state index is 0.00608. The standard InChI is InChI=1S/C24H18F4N2O3/c25-19-4-2-1-3-17(19)16-7-6-15(12-18(16)24(26,27)28)23-30-20-8-5-14(11-21(20)33-23)13-29-10-9-22(31)32/h1-8,11-12,29H,9-10,13H2,(H,31,32). The molecule has 4 aromatic rings. The highest BCUT2D eigenvalue weighted by atomic mass is 19.4. The van der Waals surface area contributed by atoms with E-state index in [1.54, 1.807) is 18.2 Å². The Morgan fingerprint density at radius 1 is 1.03 bits per heavy atom. The van der Waals surface area contributed by atoms with Crippen molar-refractivity contribution in [3.05, 3.63) is 77.6 Å². The first-order valence-electron chi connectivity index (χ1n) is 10.0. The van der Waals surface area contributed by atoms with Crippen LogP contribution in [0.25, 0.3) is 33.7 Å². The van der Waals surface area contributed by atoms with Crippen LogP contribution in [0.15, 0.2) is 65.1 Å². The minimum atomic E-state index is -4.71. The SMILES string of the molecule is O=C(O)CCNCc1ccc2nc(-c3ccc(-c4ccccc4F)c(C(F)(F)F)c3)oc2c1. The van der Waals surface area contributed by atoms with Crippen LogP contribution in [0.4, 0.5) is 17.6 Å². The first kappa shape index (κ1) is 22.5. The zero-order chi connectivity index (χ0) is 23.6. The maximum atomic E-state index is 14.2. The lowest BCUT2D eigenvalue weighted by molar-refractivity contribution is -0.137. The Morgan fingerprint density at radius 2 is 1.82 bits per heavy atom. The number of nitrogens with zero attached hydrogens (tertiary/aromatic N) is 1. The number of hydrogen-bond acceptors (Lipinski definition) is 4. The van der Waals surface area contributed by atoms with Gasteiger partial charge in [-0.25, -0.2) is 9.37 Å². The Hall–Kier alpha value is -3.72. The first-order valence-corrected chi connectivity index (χ1v) is 10.0. The minimum Gasteiger partial charge on any atom is -0.481 e. The lowest BCUT2D eigenvalue weighted by atomic mass is 9.96. The van der Waals surface area contributed by atoms with Gasteiger partial charge in [0.05, 0.1) is 12.0 Å². The van der Waals surface area contributed by atoms with Gasteiger partial charge in [0, 0.05) is 24.2 Å². The fourth-order valence-corrected chi connectivity index (χ4v) is 3.46. The van der Waals surface area contributed by atoms with Crippen molar-refractivity contribution in [3.8, 4) is 22.6 Å². The van der Waals surface area contributed by atoms with Crippen LogP contribution in [-0.2, 0) is 17.5 Å². The normalized spacial score (nSPS) is 11.8. The highest BCUT2D eigenvalue weighted by Crippen LogP contribution is 2.40. The number of rotatable bonds is 7. The van der Waals surface area contributed by atoms with Crippen LogP contribution in [0.5, 0.6) is 0 Å². The number of oxazole rings is 1. The molecule has 0 aliphatic rings. The van der Waals surface area contributed by atoms with Crippen molar-refractivity contribution in [2.45, 2.75) is 19.1 Å². The van der Waals surface area contributed by atoms with Crippen molar-refractivity contribution >= 4 is 17.1 Å². The highest BCUT2D eigenvalue weighted by Gasteiger charge is 2.35. The first-order chi connectivity index (χ1) is 15.7. The summed E-state index contributed by atoms with van der Waals surface area (Å²) < 4.78 is 61.3. The summed E-state index contributed by atoms with van der Waals surface area (Å²) in [5, 5.41) is 11.7. The number of aromatic nitrogens is 1. The molecule has 2 N–H and O–H groups in total. The Kier molecular flexibility index (Phi) is 6.15. The number of hydrogen-bond donors (Lipinski definition) is 2. The Bertz CT molecular complexity index is 1310. The summed E-state index contributed by atoms with van der Waals surface area (Å²) in [6.45, 7) is 0.693. The van der Waals surface area contributed by atoms with Crippen LogP contribution in [0.2, 0.25) is 0 Å². The van der Waals surface area contributed by atoms with Gasteiger partial charge in [0.1, 0.15) is 11.3 Å². The van der Waals surface area contributed by atoms with Gasteiger partial charge >= 0.3 is 12.1 Å². The molecular formula is C24H18F4N2O3. The summed E-state index contributed by atoms with van der Waals surface area (Å²) in [5.41, 5.74) is 0.362. The quantitative estimate of drug-likeness (QED) is 0.267. The molecule has 0 bridgehead atoms. The molecule has 1 heterocycles. The highest BCUT2D eigenvalue weighted by molar-refractivity contribution is 5.78. The fourth-order valence-electron chi connectivity index (χ4n) is 3.46. The predicted octanol–water partition coefficient (Wildman–Crippen LogP) is 5.88. The third-order valence-electron chi connectivity index (χ3n) is 5.03. The van der Waals surface area contributed by atoms with E-state index in [-0.39, 0.29) is 29.0 Å². The van der Waals surface area contributed by atoms with Gasteiger partial charge in [-0.15, -0.1) is 0 Å². The molecule has 9 heteroatoms. The molecule has 0 aliphatic carbocycles. The summed E-state index contributed by atoms with van der Waals surface area (Å²) in [7, 11) is 0. The number of fused-ring (bicyclic) bond motifs is 1. The second-order valence-corrected chi connectivity index (χ2v) is 7.38. The number of carbonyl (C=O) groups is 1. The predicted molar refractivity (Wildman–Crippen MR) is 114 cm³/mol. The maximum Gasteiger partial charge on any atom is 0.417 e. The summed E-state index contributed by atoms with van der Waals surface area (Å²) in [6, 6.07) is 14.0. The molecule has 0 spiro atoms. The fraction of sp³-hybridized carbons (Fsp3) is 0.167. The van der Waals surface area contributed by atoms with E-state index in [2.05, 4.69) is 10.3 Å². The van der Waals surface area contributed by atoms with Crippen LogP contribution in [0.3, 0.4) is 0 Å². The largest absolute Gasteiger partial charge is 0.481 e. The van der Waals surface area contributed by atoms with E-state index in [0.29, 0.717) is 24.2 Å². The Labute approximate surface area is 185 Å². The zero-order valence-corrected chi connectivity index (χ0v) is 17.1. The average molecular weight is 458 g/mol. The molecule has 0 radical (unpaired) electrons. The second kappa shape index (κ2) is 9.03. The van der Waals surface area contributed by atoms with Gasteiger partial charge in [0.15, 0.2) is 5.58 Å². The van der Waals surface area contributed by atoms with Crippen molar-refractivity contribution in [3.63, 3.8) is 0 Å². The van der Waals surface area contributed by atoms with E-state index in [0.717, 1.165) is 17.7 Å². The Morgan fingerprint density at radius 3 is 2.55 bits per heavy atom. The molecule has 0 fully saturated rings. The van der Waals surface area contributed by atoms with E-state index < -0.39 is 23.5 Å². The molecular weight excluding hydrogens is 440 g/mol. The molecule has 3 aromatic carbocycles. The summed E-state index contributed by atoms with van der Waals surface area (Å²) in [6.07, 6.45) is -4.73. The molecule has 4 rings (SSSR count). The van der Waals surface area contributed by atoms with Gasteiger partial charge in [-0.1, -0.05) is 30.3 Å². The van der Waals surface area contributed by atoms with Crippen molar-refractivity contribution in [2.75, 3.05) is 6.54 Å². The van der Waals surface area contributed by atoms with E-state index in [4.69, 9.17) is 9.52 Å². The number of alkyl halides is 3. The van der Waals surface area contributed by atoms with Crippen LogP contribution in [0, 0.1) is 5.82 Å². The van der Waals surface area contributed by atoms with Crippen molar-refractivity contribution in [1.29, 1.82) is 0 Å². The van der Waals surface area contributed by atoms with Crippen LogP contribution >= 0.6 is 0 Å². The van der Waals surface area contributed by atoms with E-state index >= 15 is 0 Å². The smallest absolute Gasteiger partial charge is 0.417 e. The number of nitrogens with one attached hydrogen (secondary N) is 1. The third-order valence-corrected chi connectivity index (χ3v) is 5.03. The van der Waals surface area contributed by atoms with E-state index in [1.165, 1.54) is 30.3 Å². The Balaban J connectivity index is 1.66. The van der Waals surface area contributed by atoms with Gasteiger partial charge in [-0.2, -0.15) is 13.2 Å². The topological polar surface area (TPSA) is 75.4 Å². The van der Waals surface area contributed by atoms with Crippen molar-refractivity contribution in [1.82, 2.24) is 10.3 Å². The molecule has 0 unspecified atom stereocenters. The molecule has 170 valence electrons. The zero-order valence-electron chi connectivity index (χ0n) is 17.1. The van der Waals surface area contributed by atoms with Gasteiger partial charge in [0.25, 0.3) is 0 Å². The maximum absolute atomic E-state index is 14.2. The van der Waals surface area contributed by atoms with Gasteiger partial charge in [-0.05, 0) is 41.5 Å². The van der Waals surface area contributed by atoms with Gasteiger partial charge < -0.3 is 14.8 Å². The molecule has 0 amide bonds. The molecule has 0 saturated carbocycles. The van der Waals surface area contributed by atoms with Gasteiger partial charge in [-0.3, -0.25) is 4.79 Å². The number of halogens is 4. The molecule has 33 heavy (non-hydrogen) atoms. The van der Waals surface area contributed by atoms with Crippen molar-refractivity contribution < 1.29 is 31.9 Å². The van der Waals surface area contributed by atoms with E-state index in [9.17, 15) is 22.4 Å². The number of aliphatic carboxylic acids is 1. The van der Waals surface area contributed by atoms with Crippen LogP contribution in [0.1, 0.15) is 17.5 Å².